The summed E-state index contributed by atoms with van der Waals surface area (Å²) >= 11 is 0. The summed E-state index contributed by atoms with van der Waals surface area (Å²) in [5, 5.41) is 8.79. The highest BCUT2D eigenvalue weighted by Crippen LogP contribution is 2.31. The van der Waals surface area contributed by atoms with Crippen LogP contribution >= 0.6 is 0 Å². The highest BCUT2D eigenvalue weighted by atomic mass is 32.2. The molecule has 5 heteroatoms. The standard InChI is InChI=1S/C12H20O4S/c13-9-1-5-11(6-2-9)17(15,16)12-7-3-10(14)4-8-12/h9,11-13H,1-8H2. The molecule has 2 saturated carbocycles. The first-order valence-corrected chi connectivity index (χ1v) is 8.03. The number of aliphatic hydroxyl groups is 1. The van der Waals surface area contributed by atoms with Gasteiger partial charge in [-0.15, -0.1) is 0 Å². The fraction of sp³-hybridized carbons (Fsp3) is 0.917. The predicted octanol–water partition coefficient (Wildman–Crippen LogP) is 1.22. The van der Waals surface area contributed by atoms with E-state index in [9.17, 15) is 18.3 Å². The number of carbonyl (C=O) groups is 1. The van der Waals surface area contributed by atoms with Crippen LogP contribution < -0.4 is 0 Å². The van der Waals surface area contributed by atoms with Crippen molar-refractivity contribution in [1.29, 1.82) is 0 Å². The van der Waals surface area contributed by atoms with Gasteiger partial charge >= 0.3 is 0 Å². The summed E-state index contributed by atoms with van der Waals surface area (Å²) < 4.78 is 24.7. The van der Waals surface area contributed by atoms with Crippen molar-refractivity contribution in [3.05, 3.63) is 0 Å². The second-order valence-corrected chi connectivity index (χ2v) is 7.77. The topological polar surface area (TPSA) is 71.4 Å². The Balaban J connectivity index is 2.01. The van der Waals surface area contributed by atoms with Gasteiger partial charge in [0.25, 0.3) is 0 Å². The average molecular weight is 260 g/mol. The molecule has 0 aromatic carbocycles. The summed E-state index contributed by atoms with van der Waals surface area (Å²) in [5.74, 6) is 0.190. The van der Waals surface area contributed by atoms with E-state index in [-0.39, 0.29) is 22.4 Å². The van der Waals surface area contributed by atoms with E-state index in [2.05, 4.69) is 0 Å². The van der Waals surface area contributed by atoms with E-state index >= 15 is 0 Å². The zero-order valence-electron chi connectivity index (χ0n) is 9.97. The van der Waals surface area contributed by atoms with Crippen molar-refractivity contribution in [3.8, 4) is 0 Å². The summed E-state index contributed by atoms with van der Waals surface area (Å²) in [6, 6.07) is 0. The Labute approximate surface area is 102 Å². The molecule has 0 aromatic rings. The Hall–Kier alpha value is -0.420. The molecule has 0 radical (unpaired) electrons. The molecule has 2 aliphatic carbocycles. The van der Waals surface area contributed by atoms with Gasteiger partial charge in [-0.1, -0.05) is 0 Å². The van der Waals surface area contributed by atoms with Crippen LogP contribution in [0.2, 0.25) is 0 Å². The fourth-order valence-corrected chi connectivity index (χ4v) is 5.25. The molecule has 2 aliphatic rings. The van der Waals surface area contributed by atoms with Crippen LogP contribution in [0.25, 0.3) is 0 Å². The lowest BCUT2D eigenvalue weighted by atomic mass is 9.97. The van der Waals surface area contributed by atoms with Crippen LogP contribution in [0, 0.1) is 0 Å². The monoisotopic (exact) mass is 260 g/mol. The first kappa shape index (κ1) is 13.0. The van der Waals surface area contributed by atoms with Crippen molar-refractivity contribution in [2.75, 3.05) is 0 Å². The normalized spacial score (nSPS) is 32.6. The minimum absolute atomic E-state index is 0.190. The number of hydrogen-bond acceptors (Lipinski definition) is 4. The quantitative estimate of drug-likeness (QED) is 0.810. The number of aliphatic hydroxyl groups excluding tert-OH is 1. The third-order valence-corrected chi connectivity index (χ3v) is 6.86. The maximum Gasteiger partial charge on any atom is 0.156 e. The Morgan fingerprint density at radius 1 is 0.882 bits per heavy atom. The van der Waals surface area contributed by atoms with Crippen LogP contribution in [0.15, 0.2) is 0 Å². The van der Waals surface area contributed by atoms with Gasteiger partial charge in [-0.25, -0.2) is 8.42 Å². The largest absolute Gasteiger partial charge is 0.393 e. The van der Waals surface area contributed by atoms with Crippen molar-refractivity contribution >= 4 is 15.6 Å². The molecule has 0 unspecified atom stereocenters. The highest BCUT2D eigenvalue weighted by molar-refractivity contribution is 7.92. The van der Waals surface area contributed by atoms with E-state index in [0.29, 0.717) is 51.4 Å². The zero-order valence-corrected chi connectivity index (χ0v) is 10.8. The summed E-state index contributed by atoms with van der Waals surface area (Å²) in [7, 11) is -3.10. The van der Waals surface area contributed by atoms with Crippen LogP contribution in [-0.4, -0.2) is 35.9 Å². The highest BCUT2D eigenvalue weighted by Gasteiger charge is 2.37. The second-order valence-electron chi connectivity index (χ2n) is 5.26. The van der Waals surface area contributed by atoms with Gasteiger partial charge in [0.15, 0.2) is 9.84 Å². The second kappa shape index (κ2) is 5.06. The van der Waals surface area contributed by atoms with E-state index < -0.39 is 9.84 Å². The van der Waals surface area contributed by atoms with Crippen LogP contribution in [0.4, 0.5) is 0 Å². The van der Waals surface area contributed by atoms with Crippen molar-refractivity contribution in [1.82, 2.24) is 0 Å². The number of carbonyl (C=O) groups excluding carboxylic acids is 1. The fourth-order valence-electron chi connectivity index (χ4n) is 2.89. The van der Waals surface area contributed by atoms with Gasteiger partial charge in [0, 0.05) is 12.8 Å². The van der Waals surface area contributed by atoms with Crippen LogP contribution in [0.3, 0.4) is 0 Å². The molecule has 0 saturated heterocycles. The molecular weight excluding hydrogens is 240 g/mol. The molecule has 4 nitrogen and oxygen atoms in total. The third-order valence-electron chi connectivity index (χ3n) is 4.06. The van der Waals surface area contributed by atoms with Gasteiger partial charge in [-0.3, -0.25) is 4.79 Å². The molecule has 0 aromatic heterocycles. The predicted molar refractivity (Wildman–Crippen MR) is 64.4 cm³/mol. The molecule has 2 fully saturated rings. The lowest BCUT2D eigenvalue weighted by molar-refractivity contribution is -0.120. The number of Topliss-reactive ketones (excluding diaryl/α,β-unsaturated/α-hetero) is 1. The summed E-state index contributed by atoms with van der Waals surface area (Å²) in [6.45, 7) is 0. The molecule has 0 heterocycles. The molecule has 98 valence electrons. The first-order chi connectivity index (χ1) is 8.00. The van der Waals surface area contributed by atoms with E-state index in [1.807, 2.05) is 0 Å². The third kappa shape index (κ3) is 2.88. The van der Waals surface area contributed by atoms with Gasteiger partial charge in [0.05, 0.1) is 16.6 Å². The minimum atomic E-state index is -3.10. The maximum absolute atomic E-state index is 12.4. The van der Waals surface area contributed by atoms with Gasteiger partial charge in [0.1, 0.15) is 5.78 Å². The molecule has 2 rings (SSSR count). The number of hydrogen-bond donors (Lipinski definition) is 1. The molecule has 0 atom stereocenters. The molecule has 0 amide bonds. The zero-order chi connectivity index (χ0) is 12.5. The number of ketones is 1. The molecular formula is C12H20O4S. The van der Waals surface area contributed by atoms with Crippen molar-refractivity contribution < 1.29 is 18.3 Å². The molecule has 0 bridgehead atoms. The van der Waals surface area contributed by atoms with Crippen molar-refractivity contribution in [2.45, 2.75) is 68.0 Å². The van der Waals surface area contributed by atoms with Gasteiger partial charge in [-0.2, -0.15) is 0 Å². The molecule has 0 spiro atoms. The summed E-state index contributed by atoms with van der Waals surface area (Å²) in [6.07, 6.45) is 3.85. The Kier molecular flexibility index (Phi) is 3.88. The molecule has 1 N–H and O–H groups in total. The smallest absolute Gasteiger partial charge is 0.156 e. The first-order valence-electron chi connectivity index (χ1n) is 6.42. The lowest BCUT2D eigenvalue weighted by Gasteiger charge is -2.30. The number of sulfone groups is 1. The van der Waals surface area contributed by atoms with E-state index in [1.165, 1.54) is 0 Å². The average Bonchev–Trinajstić information content (AvgIpc) is 2.30. The maximum atomic E-state index is 12.4. The van der Waals surface area contributed by atoms with Crippen LogP contribution in [0.5, 0.6) is 0 Å². The SMILES string of the molecule is O=C1CCC(S(=O)(=O)C2CCC(O)CC2)CC1. The van der Waals surface area contributed by atoms with Gasteiger partial charge in [-0.05, 0) is 38.5 Å². The van der Waals surface area contributed by atoms with Crippen molar-refractivity contribution in [2.24, 2.45) is 0 Å². The summed E-state index contributed by atoms with van der Waals surface area (Å²) in [4.78, 5) is 11.1. The van der Waals surface area contributed by atoms with E-state index in [4.69, 9.17) is 0 Å². The molecule has 0 aliphatic heterocycles. The summed E-state index contributed by atoms with van der Waals surface area (Å²) in [5.41, 5.74) is 0. The van der Waals surface area contributed by atoms with E-state index in [1.54, 1.807) is 0 Å². The minimum Gasteiger partial charge on any atom is -0.393 e. The lowest BCUT2D eigenvalue weighted by Crippen LogP contribution is -2.37. The van der Waals surface area contributed by atoms with Gasteiger partial charge < -0.3 is 5.11 Å². The Bertz CT molecular complexity index is 369. The van der Waals surface area contributed by atoms with Gasteiger partial charge in [0.2, 0.25) is 0 Å². The number of rotatable bonds is 2. The Morgan fingerprint density at radius 3 is 1.88 bits per heavy atom. The van der Waals surface area contributed by atoms with Crippen molar-refractivity contribution in [3.63, 3.8) is 0 Å². The van der Waals surface area contributed by atoms with Crippen LogP contribution in [0.1, 0.15) is 51.4 Å². The van der Waals surface area contributed by atoms with Crippen LogP contribution in [-0.2, 0) is 14.6 Å². The van der Waals surface area contributed by atoms with E-state index in [0.717, 1.165) is 0 Å². The molecule has 17 heavy (non-hydrogen) atoms. The Morgan fingerprint density at radius 2 is 1.35 bits per heavy atom.